The summed E-state index contributed by atoms with van der Waals surface area (Å²) in [5.74, 6) is -1.47. The number of ether oxygens (including phenoxy) is 1. The van der Waals surface area contributed by atoms with E-state index in [1.54, 1.807) is 13.8 Å². The average Bonchev–Trinajstić information content (AvgIpc) is 1.97. The van der Waals surface area contributed by atoms with Gasteiger partial charge >= 0.3 is 5.97 Å². The highest BCUT2D eigenvalue weighted by Gasteiger charge is 2.60. The van der Waals surface area contributed by atoms with Crippen LogP contribution in [0.1, 0.15) is 26.7 Å². The van der Waals surface area contributed by atoms with E-state index >= 15 is 0 Å². The summed E-state index contributed by atoms with van der Waals surface area (Å²) < 4.78 is 54.6. The summed E-state index contributed by atoms with van der Waals surface area (Å²) in [4.78, 5) is 11.3. The lowest BCUT2D eigenvalue weighted by Crippen LogP contribution is -2.51. The lowest BCUT2D eigenvalue weighted by atomic mass is 9.62. The second kappa shape index (κ2) is 4.59. The van der Waals surface area contributed by atoms with Crippen molar-refractivity contribution in [3.05, 3.63) is 0 Å². The van der Waals surface area contributed by atoms with Crippen molar-refractivity contribution in [2.45, 2.75) is 45.6 Å². The van der Waals surface area contributed by atoms with Gasteiger partial charge in [0.1, 0.15) is 0 Å². The predicted octanol–water partition coefficient (Wildman–Crippen LogP) is 2.86. The number of carbonyl (C=O) groups excluding carboxylic acids is 1. The number of hydrogen-bond acceptors (Lipinski definition) is 2. The van der Waals surface area contributed by atoms with Crippen molar-refractivity contribution in [1.82, 2.24) is 0 Å². The van der Waals surface area contributed by atoms with Gasteiger partial charge in [-0.15, -0.1) is 0 Å². The first-order chi connectivity index (χ1) is 7.29. The topological polar surface area (TPSA) is 26.3 Å². The van der Waals surface area contributed by atoms with E-state index in [0.717, 1.165) is 0 Å². The Kier molecular flexibility index (Phi) is 3.80. The molecule has 16 heavy (non-hydrogen) atoms. The normalized spacial score (nSPS) is 20.3. The molecular formula is C10H14F4O2. The molecular weight excluding hydrogens is 228 g/mol. The van der Waals surface area contributed by atoms with Gasteiger partial charge in [-0.1, -0.05) is 0 Å². The zero-order chi connectivity index (χ0) is 12.5. The predicted molar refractivity (Wildman–Crippen MR) is 48.4 cm³/mol. The fourth-order valence-electron chi connectivity index (χ4n) is 1.80. The summed E-state index contributed by atoms with van der Waals surface area (Å²) in [7, 11) is 0. The number of halogens is 4. The van der Waals surface area contributed by atoms with Gasteiger partial charge in [-0.05, 0) is 26.7 Å². The fraction of sp³-hybridized carbons (Fsp3) is 0.900. The van der Waals surface area contributed by atoms with Gasteiger partial charge in [0.25, 0.3) is 0 Å². The van der Waals surface area contributed by atoms with Crippen LogP contribution in [0.15, 0.2) is 0 Å². The van der Waals surface area contributed by atoms with Crippen LogP contribution in [0.2, 0.25) is 0 Å². The Balaban J connectivity index is 2.54. The Labute approximate surface area is 91.0 Å². The molecule has 2 nitrogen and oxygen atoms in total. The van der Waals surface area contributed by atoms with Gasteiger partial charge in [0, 0.05) is 0 Å². The first kappa shape index (κ1) is 13.3. The van der Waals surface area contributed by atoms with Gasteiger partial charge in [-0.3, -0.25) is 4.79 Å². The Morgan fingerprint density at radius 1 is 1.19 bits per heavy atom. The largest absolute Gasteiger partial charge is 0.463 e. The van der Waals surface area contributed by atoms with E-state index in [1.807, 2.05) is 0 Å². The van der Waals surface area contributed by atoms with Crippen molar-refractivity contribution in [1.29, 1.82) is 0 Å². The second-order valence-electron chi connectivity index (χ2n) is 4.43. The van der Waals surface area contributed by atoms with Gasteiger partial charge in [0.05, 0.1) is 17.4 Å². The van der Waals surface area contributed by atoms with E-state index in [1.165, 1.54) is 0 Å². The molecule has 1 fully saturated rings. The Morgan fingerprint density at radius 2 is 1.62 bits per heavy atom. The number of esters is 1. The van der Waals surface area contributed by atoms with Crippen molar-refractivity contribution >= 4 is 5.97 Å². The smallest absolute Gasteiger partial charge is 0.309 e. The standard InChI is InChI=1S/C10H14F4O2/c1-5(2)16-7(15)6-3-10(4-6,8(11)12)9(13)14/h5-6,8-9H,3-4H2,1-2H3. The van der Waals surface area contributed by atoms with Crippen LogP contribution in [0.25, 0.3) is 0 Å². The van der Waals surface area contributed by atoms with E-state index in [0.29, 0.717) is 0 Å². The van der Waals surface area contributed by atoms with Gasteiger partial charge in [-0.25, -0.2) is 17.6 Å². The zero-order valence-electron chi connectivity index (χ0n) is 9.05. The summed E-state index contributed by atoms with van der Waals surface area (Å²) in [6.07, 6.45) is -7.55. The molecule has 0 aliphatic heterocycles. The minimum absolute atomic E-state index is 0.361. The van der Waals surface area contributed by atoms with E-state index in [2.05, 4.69) is 0 Å². The van der Waals surface area contributed by atoms with Crippen LogP contribution < -0.4 is 0 Å². The Hall–Kier alpha value is -0.810. The third kappa shape index (κ3) is 2.30. The molecule has 0 heterocycles. The van der Waals surface area contributed by atoms with Gasteiger partial charge in [0.15, 0.2) is 0 Å². The first-order valence-electron chi connectivity index (χ1n) is 5.06. The SMILES string of the molecule is CC(C)OC(=O)C1CC(C(F)F)(C(F)F)C1. The molecule has 0 bridgehead atoms. The van der Waals surface area contributed by atoms with E-state index in [-0.39, 0.29) is 6.10 Å². The summed E-state index contributed by atoms with van der Waals surface area (Å²) in [5, 5.41) is 0. The van der Waals surface area contributed by atoms with Crippen LogP contribution in [-0.4, -0.2) is 24.9 Å². The maximum Gasteiger partial charge on any atom is 0.309 e. The van der Waals surface area contributed by atoms with Crippen molar-refractivity contribution in [3.8, 4) is 0 Å². The molecule has 0 aromatic rings. The minimum atomic E-state index is -3.10. The second-order valence-corrected chi connectivity index (χ2v) is 4.43. The van der Waals surface area contributed by atoms with Crippen LogP contribution in [0, 0.1) is 11.3 Å². The summed E-state index contributed by atoms with van der Waals surface area (Å²) >= 11 is 0. The zero-order valence-corrected chi connectivity index (χ0v) is 9.05. The lowest BCUT2D eigenvalue weighted by Gasteiger charge is -2.44. The number of hydrogen-bond donors (Lipinski definition) is 0. The summed E-state index contributed by atoms with van der Waals surface area (Å²) in [5.41, 5.74) is -2.30. The van der Waals surface area contributed by atoms with Gasteiger partial charge < -0.3 is 4.74 Å². The number of rotatable bonds is 4. The Bertz CT molecular complexity index is 250. The molecule has 6 heteroatoms. The van der Waals surface area contributed by atoms with E-state index in [9.17, 15) is 22.4 Å². The highest BCUT2D eigenvalue weighted by Crippen LogP contribution is 2.54. The number of alkyl halides is 4. The third-order valence-electron chi connectivity index (χ3n) is 2.81. The molecule has 94 valence electrons. The molecule has 1 aliphatic rings. The third-order valence-corrected chi connectivity index (χ3v) is 2.81. The molecule has 0 atom stereocenters. The van der Waals surface area contributed by atoms with Gasteiger partial charge in [0.2, 0.25) is 12.9 Å². The molecule has 1 aliphatic carbocycles. The molecule has 0 spiro atoms. The molecule has 0 radical (unpaired) electrons. The van der Waals surface area contributed by atoms with Crippen LogP contribution in [0.5, 0.6) is 0 Å². The molecule has 0 N–H and O–H groups in total. The first-order valence-corrected chi connectivity index (χ1v) is 5.06. The quantitative estimate of drug-likeness (QED) is 0.559. The van der Waals surface area contributed by atoms with Crippen molar-refractivity contribution in [3.63, 3.8) is 0 Å². The van der Waals surface area contributed by atoms with Crippen LogP contribution in [0.4, 0.5) is 17.6 Å². The highest BCUT2D eigenvalue weighted by molar-refractivity contribution is 5.74. The van der Waals surface area contributed by atoms with Crippen LogP contribution in [-0.2, 0) is 9.53 Å². The molecule has 1 saturated carbocycles. The highest BCUT2D eigenvalue weighted by atomic mass is 19.3. The maximum absolute atomic E-state index is 12.5. The molecule has 0 aromatic heterocycles. The monoisotopic (exact) mass is 242 g/mol. The fourth-order valence-corrected chi connectivity index (χ4v) is 1.80. The van der Waals surface area contributed by atoms with Crippen LogP contribution in [0.3, 0.4) is 0 Å². The van der Waals surface area contributed by atoms with Crippen molar-refractivity contribution in [2.75, 3.05) is 0 Å². The summed E-state index contributed by atoms with van der Waals surface area (Å²) in [6.45, 7) is 3.23. The van der Waals surface area contributed by atoms with Crippen molar-refractivity contribution in [2.24, 2.45) is 11.3 Å². The molecule has 0 unspecified atom stereocenters. The minimum Gasteiger partial charge on any atom is -0.463 e. The van der Waals surface area contributed by atoms with Gasteiger partial charge in [-0.2, -0.15) is 0 Å². The van der Waals surface area contributed by atoms with E-state index in [4.69, 9.17) is 4.74 Å². The molecule has 0 saturated heterocycles. The Morgan fingerprint density at radius 3 is 1.94 bits per heavy atom. The van der Waals surface area contributed by atoms with E-state index < -0.39 is 43.0 Å². The molecule has 0 amide bonds. The summed E-state index contributed by atoms with van der Waals surface area (Å²) in [6, 6.07) is 0. The van der Waals surface area contributed by atoms with Crippen LogP contribution >= 0.6 is 0 Å². The molecule has 1 rings (SSSR count). The van der Waals surface area contributed by atoms with Crippen molar-refractivity contribution < 1.29 is 27.1 Å². The average molecular weight is 242 g/mol. The molecule has 0 aromatic carbocycles. The number of carbonyl (C=O) groups is 1. The maximum atomic E-state index is 12.5. The lowest BCUT2D eigenvalue weighted by molar-refractivity contribution is -0.195.